The van der Waals surface area contributed by atoms with Crippen LogP contribution in [0.3, 0.4) is 0 Å². The summed E-state index contributed by atoms with van der Waals surface area (Å²) in [5.74, 6) is 0.384. The monoisotopic (exact) mass is 351 g/mol. The molecule has 1 aromatic carbocycles. The molecule has 0 unspecified atom stereocenters. The standard InChI is InChI=1S/C12H13N7O2S2/c1-2-18-10(13)9-11(15-12(18)22)19(17-16-9)7-3-5-8(6-4-7)23(14,20)21/h3-6H,2,13H2,1H3,(H2,14,20,21). The largest absolute Gasteiger partial charge is 0.383 e. The summed E-state index contributed by atoms with van der Waals surface area (Å²) in [5.41, 5.74) is 7.44. The van der Waals surface area contributed by atoms with E-state index < -0.39 is 10.0 Å². The van der Waals surface area contributed by atoms with E-state index in [4.69, 9.17) is 23.1 Å². The summed E-state index contributed by atoms with van der Waals surface area (Å²) in [6, 6.07) is 5.86. The zero-order valence-corrected chi connectivity index (χ0v) is 13.7. The van der Waals surface area contributed by atoms with Gasteiger partial charge in [-0.15, -0.1) is 5.10 Å². The van der Waals surface area contributed by atoms with Crippen molar-refractivity contribution in [1.29, 1.82) is 0 Å². The first-order valence-electron chi connectivity index (χ1n) is 6.58. The molecule has 120 valence electrons. The van der Waals surface area contributed by atoms with Crippen molar-refractivity contribution >= 4 is 39.2 Å². The molecule has 0 saturated heterocycles. The number of hydrogen-bond donors (Lipinski definition) is 2. The second-order valence-corrected chi connectivity index (χ2v) is 6.66. The molecule has 11 heteroatoms. The van der Waals surface area contributed by atoms with Crippen LogP contribution < -0.4 is 10.9 Å². The smallest absolute Gasteiger partial charge is 0.238 e. The number of anilines is 1. The minimum Gasteiger partial charge on any atom is -0.383 e. The van der Waals surface area contributed by atoms with Crippen LogP contribution in [0.2, 0.25) is 0 Å². The lowest BCUT2D eigenvalue weighted by molar-refractivity contribution is 0.598. The molecule has 0 aliphatic rings. The molecule has 9 nitrogen and oxygen atoms in total. The molecule has 4 N–H and O–H groups in total. The first-order chi connectivity index (χ1) is 10.8. The molecule has 0 atom stereocenters. The van der Waals surface area contributed by atoms with Crippen molar-refractivity contribution < 1.29 is 8.42 Å². The fourth-order valence-electron chi connectivity index (χ4n) is 2.18. The van der Waals surface area contributed by atoms with Crippen LogP contribution in [0.4, 0.5) is 5.82 Å². The number of aromatic nitrogens is 5. The Morgan fingerprint density at radius 1 is 1.26 bits per heavy atom. The van der Waals surface area contributed by atoms with Crippen LogP contribution in [0.25, 0.3) is 16.9 Å². The molecule has 2 aromatic heterocycles. The Kier molecular flexibility index (Phi) is 3.62. The Bertz CT molecular complexity index is 1050. The molecule has 0 radical (unpaired) electrons. The van der Waals surface area contributed by atoms with Crippen LogP contribution in [-0.2, 0) is 16.6 Å². The van der Waals surface area contributed by atoms with Crippen LogP contribution in [0.5, 0.6) is 0 Å². The van der Waals surface area contributed by atoms with E-state index in [1.807, 2.05) is 6.92 Å². The molecule has 0 aliphatic carbocycles. The molecule has 0 aliphatic heterocycles. The van der Waals surface area contributed by atoms with Crippen LogP contribution >= 0.6 is 12.2 Å². The summed E-state index contributed by atoms with van der Waals surface area (Å²) in [4.78, 5) is 4.31. The Labute approximate surface area is 136 Å². The van der Waals surface area contributed by atoms with Gasteiger partial charge in [0.15, 0.2) is 11.2 Å². The summed E-state index contributed by atoms with van der Waals surface area (Å²) in [6.07, 6.45) is 0. The number of sulfonamides is 1. The maximum absolute atomic E-state index is 11.3. The van der Waals surface area contributed by atoms with Gasteiger partial charge in [-0.2, -0.15) is 9.67 Å². The third-order valence-electron chi connectivity index (χ3n) is 3.34. The quantitative estimate of drug-likeness (QED) is 0.659. The topological polar surface area (TPSA) is 135 Å². The molecule has 0 fully saturated rings. The fraction of sp³-hybridized carbons (Fsp3) is 0.167. The molecule has 2 heterocycles. The van der Waals surface area contributed by atoms with Crippen molar-refractivity contribution in [3.05, 3.63) is 29.0 Å². The number of primary sulfonamides is 1. The summed E-state index contributed by atoms with van der Waals surface area (Å²) in [7, 11) is -3.75. The third-order valence-corrected chi connectivity index (χ3v) is 4.58. The second kappa shape index (κ2) is 5.37. The van der Waals surface area contributed by atoms with E-state index in [1.165, 1.54) is 16.8 Å². The van der Waals surface area contributed by atoms with E-state index in [0.717, 1.165) is 0 Å². The molecule has 0 amide bonds. The van der Waals surface area contributed by atoms with Crippen molar-refractivity contribution in [2.75, 3.05) is 5.73 Å². The minimum absolute atomic E-state index is 0.00549. The van der Waals surface area contributed by atoms with E-state index >= 15 is 0 Å². The molecule has 3 aromatic rings. The van der Waals surface area contributed by atoms with E-state index in [9.17, 15) is 8.42 Å². The van der Waals surface area contributed by atoms with Crippen molar-refractivity contribution in [2.45, 2.75) is 18.4 Å². The van der Waals surface area contributed by atoms with Crippen molar-refractivity contribution in [1.82, 2.24) is 24.5 Å². The number of benzene rings is 1. The number of rotatable bonds is 3. The van der Waals surface area contributed by atoms with Crippen LogP contribution in [0, 0.1) is 4.77 Å². The summed E-state index contributed by atoms with van der Waals surface area (Å²) in [5, 5.41) is 13.1. The zero-order valence-electron chi connectivity index (χ0n) is 12.0. The van der Waals surface area contributed by atoms with Gasteiger partial charge in [-0.05, 0) is 43.4 Å². The predicted molar refractivity (Wildman–Crippen MR) is 86.9 cm³/mol. The van der Waals surface area contributed by atoms with Gasteiger partial charge in [0.25, 0.3) is 0 Å². The average Bonchev–Trinajstić information content (AvgIpc) is 2.91. The highest BCUT2D eigenvalue weighted by atomic mass is 32.2. The predicted octanol–water partition coefficient (Wildman–Crippen LogP) is 0.596. The Morgan fingerprint density at radius 3 is 2.48 bits per heavy atom. The molecule has 0 spiro atoms. The third kappa shape index (κ3) is 2.58. The van der Waals surface area contributed by atoms with E-state index in [-0.39, 0.29) is 4.90 Å². The maximum Gasteiger partial charge on any atom is 0.238 e. The zero-order chi connectivity index (χ0) is 16.8. The maximum atomic E-state index is 11.3. The number of nitrogen functional groups attached to an aromatic ring is 1. The number of hydrogen-bond acceptors (Lipinski definition) is 7. The van der Waals surface area contributed by atoms with Gasteiger partial charge in [-0.1, -0.05) is 5.21 Å². The van der Waals surface area contributed by atoms with Gasteiger partial charge < -0.3 is 10.3 Å². The highest BCUT2D eigenvalue weighted by Crippen LogP contribution is 2.20. The number of fused-ring (bicyclic) bond motifs is 1. The van der Waals surface area contributed by atoms with E-state index in [1.54, 1.807) is 16.7 Å². The summed E-state index contributed by atoms with van der Waals surface area (Å²) >= 11 is 5.22. The fourth-order valence-corrected chi connectivity index (χ4v) is 3.01. The molecule has 3 rings (SSSR count). The van der Waals surface area contributed by atoms with Crippen LogP contribution in [0.1, 0.15) is 6.92 Å². The average molecular weight is 351 g/mol. The highest BCUT2D eigenvalue weighted by molar-refractivity contribution is 7.89. The van der Waals surface area contributed by atoms with E-state index in [2.05, 4.69) is 15.3 Å². The van der Waals surface area contributed by atoms with Gasteiger partial charge in [0, 0.05) is 6.54 Å². The Balaban J connectivity index is 2.20. The molecule has 0 bridgehead atoms. The SMILES string of the molecule is CCn1c(N)c2nnn(-c3ccc(S(N)(=O)=O)cc3)c2nc1=S. The van der Waals surface area contributed by atoms with Crippen molar-refractivity contribution in [2.24, 2.45) is 5.14 Å². The molecule has 0 saturated carbocycles. The highest BCUT2D eigenvalue weighted by Gasteiger charge is 2.15. The second-order valence-electron chi connectivity index (χ2n) is 4.74. The lowest BCUT2D eigenvalue weighted by atomic mass is 10.3. The lowest BCUT2D eigenvalue weighted by Crippen LogP contribution is -2.12. The summed E-state index contributed by atoms with van der Waals surface area (Å²) in [6.45, 7) is 2.47. The molecular weight excluding hydrogens is 338 g/mol. The van der Waals surface area contributed by atoms with Crippen LogP contribution in [0.15, 0.2) is 29.2 Å². The summed E-state index contributed by atoms with van der Waals surface area (Å²) < 4.78 is 26.0. The van der Waals surface area contributed by atoms with Gasteiger partial charge in [0.1, 0.15) is 5.82 Å². The van der Waals surface area contributed by atoms with Gasteiger partial charge >= 0.3 is 0 Å². The first-order valence-corrected chi connectivity index (χ1v) is 8.53. The van der Waals surface area contributed by atoms with Crippen molar-refractivity contribution in [3.63, 3.8) is 0 Å². The minimum atomic E-state index is -3.75. The van der Waals surface area contributed by atoms with Crippen molar-refractivity contribution in [3.8, 4) is 5.69 Å². The van der Waals surface area contributed by atoms with Gasteiger partial charge in [-0.3, -0.25) is 0 Å². The normalized spacial score (nSPS) is 11.9. The lowest BCUT2D eigenvalue weighted by Gasteiger charge is -2.08. The van der Waals surface area contributed by atoms with Gasteiger partial charge in [0.05, 0.1) is 10.6 Å². The number of nitrogens with two attached hydrogens (primary N) is 2. The van der Waals surface area contributed by atoms with E-state index in [0.29, 0.717) is 34.0 Å². The Hall–Kier alpha value is -2.37. The number of nitrogens with zero attached hydrogens (tertiary/aromatic N) is 5. The first kappa shape index (κ1) is 15.5. The van der Waals surface area contributed by atoms with Crippen LogP contribution in [-0.4, -0.2) is 33.0 Å². The molecular formula is C12H13N7O2S2. The molecule has 23 heavy (non-hydrogen) atoms. The Morgan fingerprint density at radius 2 is 1.91 bits per heavy atom. The van der Waals surface area contributed by atoms with Gasteiger partial charge in [0.2, 0.25) is 14.8 Å². The van der Waals surface area contributed by atoms with Gasteiger partial charge in [-0.25, -0.2) is 13.6 Å².